The van der Waals surface area contributed by atoms with E-state index in [2.05, 4.69) is 10.4 Å². The Kier molecular flexibility index (Phi) is 6.77. The Bertz CT molecular complexity index is 937. The third-order valence-corrected chi connectivity index (χ3v) is 4.91. The van der Waals surface area contributed by atoms with Crippen molar-refractivity contribution >= 4 is 23.2 Å². The molecule has 0 aromatic heterocycles. The fraction of sp³-hybridized carbons (Fsp3) is 0.348. The zero-order chi connectivity index (χ0) is 20.8. The van der Waals surface area contributed by atoms with E-state index in [1.54, 1.807) is 0 Å². The first-order valence-electron chi connectivity index (χ1n) is 9.90. The van der Waals surface area contributed by atoms with Crippen molar-refractivity contribution in [3.8, 4) is 0 Å². The molecular weight excluding hydrogens is 366 g/mol. The number of ether oxygens (including phenoxy) is 1. The molecular formula is C23H27N3O3. The number of benzene rings is 2. The molecule has 0 unspecified atom stereocenters. The number of carbonyl (C=O) groups is 2. The zero-order valence-electron chi connectivity index (χ0n) is 17.2. The van der Waals surface area contributed by atoms with Gasteiger partial charge in [-0.25, -0.2) is 5.01 Å². The third kappa shape index (κ3) is 5.09. The number of hydrogen-bond acceptors (Lipinski definition) is 4. The highest BCUT2D eigenvalue weighted by molar-refractivity contribution is 6.40. The fourth-order valence-electron chi connectivity index (χ4n) is 3.21. The Morgan fingerprint density at radius 3 is 2.66 bits per heavy atom. The van der Waals surface area contributed by atoms with Gasteiger partial charge in [-0.15, -0.1) is 0 Å². The van der Waals surface area contributed by atoms with Gasteiger partial charge in [0, 0.05) is 26.0 Å². The standard InChI is InChI=1S/C23H27N3O3/c1-4-29-15-19-8-6-5-7-18(19)14-24-23(28)20-11-12-22(27)26(25-20)21-13-16(2)9-10-17(21)3/h5-10,13H,4,11-12,14-15H2,1-3H3,(H,24,28). The minimum atomic E-state index is -0.251. The molecule has 2 aromatic rings. The maximum Gasteiger partial charge on any atom is 0.267 e. The van der Waals surface area contributed by atoms with Gasteiger partial charge in [-0.2, -0.15) is 5.10 Å². The van der Waals surface area contributed by atoms with Crippen LogP contribution in [-0.4, -0.2) is 24.1 Å². The number of hydrogen-bond donors (Lipinski definition) is 1. The lowest BCUT2D eigenvalue weighted by molar-refractivity contribution is -0.119. The summed E-state index contributed by atoms with van der Waals surface area (Å²) < 4.78 is 5.50. The Labute approximate surface area is 171 Å². The summed E-state index contributed by atoms with van der Waals surface area (Å²) in [6.45, 7) is 7.39. The molecule has 0 atom stereocenters. The molecule has 1 aliphatic rings. The van der Waals surface area contributed by atoms with Crippen LogP contribution < -0.4 is 10.3 Å². The molecule has 1 N–H and O–H groups in total. The number of nitrogens with one attached hydrogen (secondary N) is 1. The van der Waals surface area contributed by atoms with Crippen molar-refractivity contribution in [3.63, 3.8) is 0 Å². The molecule has 0 fully saturated rings. The van der Waals surface area contributed by atoms with Gasteiger partial charge in [0.15, 0.2) is 0 Å². The maximum atomic E-state index is 12.7. The zero-order valence-corrected chi connectivity index (χ0v) is 17.2. The van der Waals surface area contributed by atoms with Gasteiger partial charge in [0.25, 0.3) is 5.91 Å². The summed E-state index contributed by atoms with van der Waals surface area (Å²) in [5, 5.41) is 8.68. The van der Waals surface area contributed by atoms with Crippen LogP contribution in [0.3, 0.4) is 0 Å². The topological polar surface area (TPSA) is 71.0 Å². The molecule has 6 heteroatoms. The van der Waals surface area contributed by atoms with Crippen LogP contribution in [0.5, 0.6) is 0 Å². The number of amides is 2. The van der Waals surface area contributed by atoms with Crippen LogP contribution in [0, 0.1) is 13.8 Å². The average molecular weight is 393 g/mol. The molecule has 1 heterocycles. The number of aryl methyl sites for hydroxylation is 2. The normalized spacial score (nSPS) is 14.0. The molecule has 2 aromatic carbocycles. The molecule has 1 aliphatic heterocycles. The lowest BCUT2D eigenvalue weighted by atomic mass is 10.1. The van der Waals surface area contributed by atoms with Crippen LogP contribution in [0.15, 0.2) is 47.6 Å². The molecule has 0 saturated carbocycles. The maximum absolute atomic E-state index is 12.7. The van der Waals surface area contributed by atoms with Crippen molar-refractivity contribution in [3.05, 3.63) is 64.7 Å². The van der Waals surface area contributed by atoms with E-state index in [1.165, 1.54) is 5.01 Å². The lowest BCUT2D eigenvalue weighted by Crippen LogP contribution is -2.39. The number of rotatable bonds is 7. The second-order valence-corrected chi connectivity index (χ2v) is 7.13. The van der Waals surface area contributed by atoms with Crippen LogP contribution in [0.2, 0.25) is 0 Å². The number of hydrazone groups is 1. The van der Waals surface area contributed by atoms with E-state index >= 15 is 0 Å². The molecule has 3 rings (SSSR count). The number of nitrogens with zero attached hydrogens (tertiary/aromatic N) is 2. The van der Waals surface area contributed by atoms with Crippen molar-refractivity contribution < 1.29 is 14.3 Å². The largest absolute Gasteiger partial charge is 0.377 e. The summed E-state index contributed by atoms with van der Waals surface area (Å²) >= 11 is 0. The van der Waals surface area contributed by atoms with Crippen molar-refractivity contribution in [1.29, 1.82) is 0 Å². The van der Waals surface area contributed by atoms with Gasteiger partial charge in [-0.1, -0.05) is 36.4 Å². The van der Waals surface area contributed by atoms with Crippen molar-refractivity contribution in [2.75, 3.05) is 11.6 Å². The highest BCUT2D eigenvalue weighted by Crippen LogP contribution is 2.25. The predicted octanol–water partition coefficient (Wildman–Crippen LogP) is 3.64. The molecule has 152 valence electrons. The van der Waals surface area contributed by atoms with Crippen molar-refractivity contribution in [1.82, 2.24) is 5.32 Å². The third-order valence-electron chi connectivity index (χ3n) is 4.91. The van der Waals surface area contributed by atoms with Gasteiger partial charge in [-0.05, 0) is 49.1 Å². The molecule has 2 amide bonds. The van der Waals surface area contributed by atoms with Crippen LogP contribution in [0.4, 0.5) is 5.69 Å². The molecule has 0 aliphatic carbocycles. The van der Waals surface area contributed by atoms with Gasteiger partial charge in [0.1, 0.15) is 5.71 Å². The van der Waals surface area contributed by atoms with Crippen LogP contribution in [0.25, 0.3) is 0 Å². The van der Waals surface area contributed by atoms with Crippen molar-refractivity contribution in [2.24, 2.45) is 5.10 Å². The quantitative estimate of drug-likeness (QED) is 0.781. The lowest BCUT2D eigenvalue weighted by Gasteiger charge is -2.25. The van der Waals surface area contributed by atoms with E-state index in [9.17, 15) is 9.59 Å². The summed E-state index contributed by atoms with van der Waals surface area (Å²) in [4.78, 5) is 25.1. The first-order valence-corrected chi connectivity index (χ1v) is 9.90. The Morgan fingerprint density at radius 2 is 1.90 bits per heavy atom. The fourth-order valence-corrected chi connectivity index (χ4v) is 3.21. The van der Waals surface area contributed by atoms with Gasteiger partial charge in [0.2, 0.25) is 5.91 Å². The Balaban J connectivity index is 1.74. The van der Waals surface area contributed by atoms with Gasteiger partial charge >= 0.3 is 0 Å². The molecule has 29 heavy (non-hydrogen) atoms. The summed E-state index contributed by atoms with van der Waals surface area (Å²) in [6.07, 6.45) is 0.604. The van der Waals surface area contributed by atoms with Gasteiger partial charge in [0.05, 0.1) is 12.3 Å². The van der Waals surface area contributed by atoms with Crippen LogP contribution in [0.1, 0.15) is 42.0 Å². The Hall–Kier alpha value is -2.99. The average Bonchev–Trinajstić information content (AvgIpc) is 2.73. The highest BCUT2D eigenvalue weighted by atomic mass is 16.5. The first-order chi connectivity index (χ1) is 14.0. The second kappa shape index (κ2) is 9.47. The molecule has 6 nitrogen and oxygen atoms in total. The van der Waals surface area contributed by atoms with E-state index in [4.69, 9.17) is 4.74 Å². The van der Waals surface area contributed by atoms with Gasteiger partial charge < -0.3 is 10.1 Å². The predicted molar refractivity (Wildman–Crippen MR) is 114 cm³/mol. The number of carbonyl (C=O) groups excluding carboxylic acids is 2. The van der Waals surface area contributed by atoms with Crippen LogP contribution in [-0.2, 0) is 27.5 Å². The summed E-state index contributed by atoms with van der Waals surface area (Å²) in [5.41, 5.74) is 5.13. The minimum absolute atomic E-state index is 0.0997. The first kappa shape index (κ1) is 20.7. The molecule has 0 spiro atoms. The van der Waals surface area contributed by atoms with E-state index in [0.717, 1.165) is 27.9 Å². The Morgan fingerprint density at radius 1 is 1.14 bits per heavy atom. The summed E-state index contributed by atoms with van der Waals surface area (Å²) in [6, 6.07) is 13.7. The van der Waals surface area contributed by atoms with E-state index in [0.29, 0.717) is 31.9 Å². The summed E-state index contributed by atoms with van der Waals surface area (Å²) in [5.74, 6) is -0.351. The van der Waals surface area contributed by atoms with E-state index < -0.39 is 0 Å². The van der Waals surface area contributed by atoms with Gasteiger partial charge in [-0.3, -0.25) is 9.59 Å². The SMILES string of the molecule is CCOCc1ccccc1CNC(=O)C1=NN(c2cc(C)ccc2C)C(=O)CC1. The smallest absolute Gasteiger partial charge is 0.267 e. The van der Waals surface area contributed by atoms with E-state index in [1.807, 2.05) is 63.2 Å². The summed E-state index contributed by atoms with van der Waals surface area (Å²) in [7, 11) is 0. The molecule has 0 radical (unpaired) electrons. The highest BCUT2D eigenvalue weighted by Gasteiger charge is 2.26. The monoisotopic (exact) mass is 393 g/mol. The molecule has 0 bridgehead atoms. The van der Waals surface area contributed by atoms with Crippen LogP contribution >= 0.6 is 0 Å². The number of anilines is 1. The second-order valence-electron chi connectivity index (χ2n) is 7.13. The van der Waals surface area contributed by atoms with Crippen molar-refractivity contribution in [2.45, 2.75) is 46.8 Å². The van der Waals surface area contributed by atoms with E-state index in [-0.39, 0.29) is 18.2 Å². The minimum Gasteiger partial charge on any atom is -0.377 e. The molecule has 0 saturated heterocycles.